The molecule has 1 aromatic heterocycles. The lowest BCUT2D eigenvalue weighted by molar-refractivity contribution is 0.205. The van der Waals surface area contributed by atoms with Gasteiger partial charge < -0.3 is 24.6 Å². The number of carbonyl (C=O) groups is 1. The van der Waals surface area contributed by atoms with Crippen molar-refractivity contribution < 1.29 is 14.3 Å². The van der Waals surface area contributed by atoms with Crippen LogP contribution in [0.3, 0.4) is 0 Å². The third-order valence-corrected chi connectivity index (χ3v) is 5.99. The van der Waals surface area contributed by atoms with Gasteiger partial charge in [0.15, 0.2) is 0 Å². The van der Waals surface area contributed by atoms with Gasteiger partial charge in [0, 0.05) is 31.7 Å². The molecular formula is C25H27N5O3. The van der Waals surface area contributed by atoms with E-state index in [1.807, 2.05) is 54.6 Å². The molecule has 2 aliphatic heterocycles. The number of carbonyl (C=O) groups excluding carboxylic acids is 1. The Morgan fingerprint density at radius 1 is 0.939 bits per heavy atom. The average molecular weight is 446 g/mol. The predicted octanol–water partition coefficient (Wildman–Crippen LogP) is 4.47. The molecular weight excluding hydrogens is 418 g/mol. The summed E-state index contributed by atoms with van der Waals surface area (Å²) in [6.45, 7) is 2.88. The average Bonchev–Trinajstić information content (AvgIpc) is 3.40. The van der Waals surface area contributed by atoms with Gasteiger partial charge in [-0.3, -0.25) is 0 Å². The lowest BCUT2D eigenvalue weighted by Gasteiger charge is -2.30. The summed E-state index contributed by atoms with van der Waals surface area (Å²) in [7, 11) is 1.63. The van der Waals surface area contributed by atoms with Gasteiger partial charge >= 0.3 is 6.03 Å². The van der Waals surface area contributed by atoms with Crippen molar-refractivity contribution >= 4 is 17.7 Å². The van der Waals surface area contributed by atoms with Crippen LogP contribution < -0.4 is 19.7 Å². The van der Waals surface area contributed by atoms with Crippen molar-refractivity contribution in [3.05, 3.63) is 65.9 Å². The molecule has 0 atom stereocenters. The molecule has 33 heavy (non-hydrogen) atoms. The standard InChI is InChI=1S/C25H27N5O3/c1-32-19-9-11-20(12-10-19)33-23-21-17-30(25(31)26-18-7-3-2-4-8-18)16-13-22(21)27-24(28-23)29-14-5-6-15-29/h2-4,7-12H,5-6,13-17H2,1H3,(H,26,31). The minimum absolute atomic E-state index is 0.147. The van der Waals surface area contributed by atoms with Gasteiger partial charge in [-0.2, -0.15) is 4.98 Å². The Bertz CT molecular complexity index is 1110. The number of ether oxygens (including phenoxy) is 2. The molecule has 1 fully saturated rings. The number of amides is 2. The zero-order valence-electron chi connectivity index (χ0n) is 18.7. The summed E-state index contributed by atoms with van der Waals surface area (Å²) in [6, 6.07) is 16.7. The maximum atomic E-state index is 12.9. The van der Waals surface area contributed by atoms with E-state index < -0.39 is 0 Å². The number of para-hydroxylation sites is 1. The molecule has 0 bridgehead atoms. The molecule has 0 radical (unpaired) electrons. The van der Waals surface area contributed by atoms with Crippen LogP contribution in [0.4, 0.5) is 16.4 Å². The second-order valence-electron chi connectivity index (χ2n) is 8.19. The van der Waals surface area contributed by atoms with Crippen LogP contribution in [0.25, 0.3) is 0 Å². The van der Waals surface area contributed by atoms with Crippen LogP contribution in [-0.4, -0.2) is 47.6 Å². The Hall–Kier alpha value is -3.81. The maximum Gasteiger partial charge on any atom is 0.322 e. The molecule has 8 nitrogen and oxygen atoms in total. The highest BCUT2D eigenvalue weighted by Gasteiger charge is 2.28. The Kier molecular flexibility index (Phi) is 5.97. The van der Waals surface area contributed by atoms with Crippen LogP contribution in [0.15, 0.2) is 54.6 Å². The summed E-state index contributed by atoms with van der Waals surface area (Å²) in [6.07, 6.45) is 2.94. The van der Waals surface area contributed by atoms with Crippen LogP contribution >= 0.6 is 0 Å². The van der Waals surface area contributed by atoms with Gasteiger partial charge in [0.25, 0.3) is 0 Å². The smallest absolute Gasteiger partial charge is 0.322 e. The lowest BCUT2D eigenvalue weighted by atomic mass is 10.1. The molecule has 170 valence electrons. The zero-order valence-corrected chi connectivity index (χ0v) is 18.7. The largest absolute Gasteiger partial charge is 0.497 e. The molecule has 0 unspecified atom stereocenters. The summed E-state index contributed by atoms with van der Waals surface area (Å²) in [5, 5.41) is 2.96. The summed E-state index contributed by atoms with van der Waals surface area (Å²) in [4.78, 5) is 26.5. The quantitative estimate of drug-likeness (QED) is 0.624. The molecule has 5 rings (SSSR count). The van der Waals surface area contributed by atoms with Crippen molar-refractivity contribution in [2.45, 2.75) is 25.8 Å². The number of aromatic nitrogens is 2. The van der Waals surface area contributed by atoms with E-state index in [1.54, 1.807) is 12.0 Å². The maximum absolute atomic E-state index is 12.9. The fourth-order valence-electron chi connectivity index (χ4n) is 4.17. The number of nitrogens with zero attached hydrogens (tertiary/aromatic N) is 4. The summed E-state index contributed by atoms with van der Waals surface area (Å²) in [5.41, 5.74) is 2.56. The fraction of sp³-hybridized carbons (Fsp3) is 0.320. The molecule has 0 saturated carbocycles. The van der Waals surface area contributed by atoms with Crippen molar-refractivity contribution in [3.8, 4) is 17.4 Å². The second-order valence-corrected chi connectivity index (χ2v) is 8.19. The fourth-order valence-corrected chi connectivity index (χ4v) is 4.17. The van der Waals surface area contributed by atoms with E-state index in [-0.39, 0.29) is 6.03 Å². The van der Waals surface area contributed by atoms with Gasteiger partial charge in [0.1, 0.15) is 11.5 Å². The number of hydrogen-bond donors (Lipinski definition) is 1. The Balaban J connectivity index is 1.42. The number of rotatable bonds is 5. The van der Waals surface area contributed by atoms with Crippen molar-refractivity contribution in [1.29, 1.82) is 0 Å². The Labute approximate surface area is 193 Å². The number of benzene rings is 2. The first-order chi connectivity index (χ1) is 16.2. The molecule has 1 N–H and O–H groups in total. The highest BCUT2D eigenvalue weighted by Crippen LogP contribution is 2.33. The van der Waals surface area contributed by atoms with E-state index >= 15 is 0 Å². The third kappa shape index (κ3) is 4.69. The molecule has 3 heterocycles. The SMILES string of the molecule is COc1ccc(Oc2nc(N3CCCC3)nc3c2CN(C(=O)Nc2ccccc2)CC3)cc1. The highest BCUT2D eigenvalue weighted by molar-refractivity contribution is 5.89. The van der Waals surface area contributed by atoms with Crippen molar-refractivity contribution in [3.63, 3.8) is 0 Å². The van der Waals surface area contributed by atoms with E-state index in [0.29, 0.717) is 37.1 Å². The van der Waals surface area contributed by atoms with E-state index in [9.17, 15) is 4.79 Å². The Morgan fingerprint density at radius 2 is 1.67 bits per heavy atom. The first kappa shape index (κ1) is 21.1. The molecule has 2 aliphatic rings. The molecule has 3 aromatic rings. The topological polar surface area (TPSA) is 79.8 Å². The molecule has 8 heteroatoms. The van der Waals surface area contributed by atoms with E-state index in [4.69, 9.17) is 19.4 Å². The molecule has 2 amide bonds. The summed E-state index contributed by atoms with van der Waals surface area (Å²) in [5.74, 6) is 2.63. The molecule has 2 aromatic carbocycles. The van der Waals surface area contributed by atoms with E-state index in [1.165, 1.54) is 0 Å². The van der Waals surface area contributed by atoms with Crippen molar-refractivity contribution in [2.75, 3.05) is 37.0 Å². The normalized spacial score (nSPS) is 15.2. The predicted molar refractivity (Wildman–Crippen MR) is 126 cm³/mol. The second kappa shape index (κ2) is 9.36. The number of urea groups is 1. The van der Waals surface area contributed by atoms with Crippen molar-refractivity contribution in [2.24, 2.45) is 0 Å². The number of hydrogen-bond acceptors (Lipinski definition) is 6. The first-order valence-corrected chi connectivity index (χ1v) is 11.3. The highest BCUT2D eigenvalue weighted by atomic mass is 16.5. The van der Waals surface area contributed by atoms with Crippen molar-refractivity contribution in [1.82, 2.24) is 14.9 Å². The van der Waals surface area contributed by atoms with Crippen LogP contribution in [0, 0.1) is 0 Å². The van der Waals surface area contributed by atoms with Crippen LogP contribution in [0.2, 0.25) is 0 Å². The number of nitrogens with one attached hydrogen (secondary N) is 1. The molecule has 0 aliphatic carbocycles. The van der Waals surface area contributed by atoms with Crippen LogP contribution in [0.5, 0.6) is 17.4 Å². The Morgan fingerprint density at radius 3 is 2.39 bits per heavy atom. The zero-order chi connectivity index (χ0) is 22.6. The third-order valence-electron chi connectivity index (χ3n) is 5.99. The number of fused-ring (bicyclic) bond motifs is 1. The van der Waals surface area contributed by atoms with Gasteiger partial charge in [0.2, 0.25) is 11.8 Å². The van der Waals surface area contributed by atoms with Crippen LogP contribution in [-0.2, 0) is 13.0 Å². The van der Waals surface area contributed by atoms with Gasteiger partial charge in [-0.05, 0) is 49.2 Å². The van der Waals surface area contributed by atoms with Gasteiger partial charge in [0.05, 0.1) is 24.9 Å². The summed E-state index contributed by atoms with van der Waals surface area (Å²) < 4.78 is 11.5. The lowest BCUT2D eigenvalue weighted by Crippen LogP contribution is -2.39. The number of methoxy groups -OCH3 is 1. The minimum Gasteiger partial charge on any atom is -0.497 e. The van der Waals surface area contributed by atoms with Gasteiger partial charge in [-0.25, -0.2) is 9.78 Å². The monoisotopic (exact) mass is 445 g/mol. The number of anilines is 2. The molecule has 1 saturated heterocycles. The van der Waals surface area contributed by atoms with Gasteiger partial charge in [-0.1, -0.05) is 18.2 Å². The molecule has 0 spiro atoms. The summed E-state index contributed by atoms with van der Waals surface area (Å²) >= 11 is 0. The van der Waals surface area contributed by atoms with Crippen LogP contribution in [0.1, 0.15) is 24.1 Å². The first-order valence-electron chi connectivity index (χ1n) is 11.3. The van der Waals surface area contributed by atoms with E-state index in [2.05, 4.69) is 10.2 Å². The minimum atomic E-state index is -0.147. The van der Waals surface area contributed by atoms with E-state index in [0.717, 1.165) is 48.6 Å². The van der Waals surface area contributed by atoms with Gasteiger partial charge in [-0.15, -0.1) is 0 Å².